The number of hydrogen-bond donors (Lipinski definition) is 1. The Labute approximate surface area is 105 Å². The summed E-state index contributed by atoms with van der Waals surface area (Å²) < 4.78 is 0. The quantitative estimate of drug-likeness (QED) is 0.744. The van der Waals surface area contributed by atoms with Gasteiger partial charge in [0, 0.05) is 17.8 Å². The molecule has 1 aromatic heterocycles. The normalized spacial score (nSPS) is 12.4. The molecule has 1 rings (SSSR count). The zero-order valence-corrected chi connectivity index (χ0v) is 11.4. The highest BCUT2D eigenvalue weighted by atomic mass is 15.0. The fourth-order valence-corrected chi connectivity index (χ4v) is 1.97. The number of aromatic nitrogens is 2. The zero-order valence-electron chi connectivity index (χ0n) is 11.4. The topological polar surface area (TPSA) is 37.8 Å². The molecular weight excluding hydrogens is 210 g/mol. The lowest BCUT2D eigenvalue weighted by Crippen LogP contribution is -2.20. The van der Waals surface area contributed by atoms with Crippen molar-refractivity contribution in [2.24, 2.45) is 0 Å². The Morgan fingerprint density at radius 2 is 1.94 bits per heavy atom. The molecule has 0 saturated carbocycles. The van der Waals surface area contributed by atoms with E-state index in [0.717, 1.165) is 17.9 Å². The third-order valence-corrected chi connectivity index (χ3v) is 2.98. The lowest BCUT2D eigenvalue weighted by atomic mass is 10.1. The van der Waals surface area contributed by atoms with Crippen molar-refractivity contribution in [3.05, 3.63) is 18.1 Å². The first-order chi connectivity index (χ1) is 8.30. The maximum Gasteiger partial charge on any atom is 0.129 e. The first-order valence-corrected chi connectivity index (χ1v) is 6.87. The first kappa shape index (κ1) is 13.9. The Morgan fingerprint density at radius 1 is 1.12 bits per heavy atom. The van der Waals surface area contributed by atoms with E-state index in [1.807, 2.05) is 0 Å². The van der Waals surface area contributed by atoms with Gasteiger partial charge in [-0.3, -0.25) is 0 Å². The Hall–Kier alpha value is -1.12. The van der Waals surface area contributed by atoms with E-state index in [1.165, 1.54) is 32.1 Å². The second kappa shape index (κ2) is 8.04. The summed E-state index contributed by atoms with van der Waals surface area (Å²) in [5, 5.41) is 3.54. The van der Waals surface area contributed by atoms with Crippen LogP contribution in [0.5, 0.6) is 0 Å². The van der Waals surface area contributed by atoms with Gasteiger partial charge in [-0.15, -0.1) is 0 Å². The average molecular weight is 235 g/mol. The van der Waals surface area contributed by atoms with Gasteiger partial charge >= 0.3 is 0 Å². The van der Waals surface area contributed by atoms with Crippen molar-refractivity contribution in [1.29, 1.82) is 0 Å². The summed E-state index contributed by atoms with van der Waals surface area (Å²) in [5.74, 6) is 0.978. The number of anilines is 1. The van der Waals surface area contributed by atoms with E-state index in [-0.39, 0.29) is 0 Å². The summed E-state index contributed by atoms with van der Waals surface area (Å²) in [6.45, 7) is 6.59. The van der Waals surface area contributed by atoms with Gasteiger partial charge in [-0.1, -0.05) is 40.0 Å². The van der Waals surface area contributed by atoms with Crippen LogP contribution in [0, 0.1) is 0 Å². The highest BCUT2D eigenvalue weighted by Crippen LogP contribution is 2.13. The highest BCUT2D eigenvalue weighted by Gasteiger charge is 2.08. The van der Waals surface area contributed by atoms with Gasteiger partial charge in [0.1, 0.15) is 12.1 Å². The lowest BCUT2D eigenvalue weighted by Gasteiger charge is -2.18. The van der Waals surface area contributed by atoms with E-state index >= 15 is 0 Å². The maximum atomic E-state index is 4.30. The molecular formula is C14H25N3. The van der Waals surface area contributed by atoms with Crippen LogP contribution in [-0.4, -0.2) is 16.0 Å². The number of unbranched alkanes of at least 4 members (excludes halogenated alkanes) is 1. The fourth-order valence-electron chi connectivity index (χ4n) is 1.97. The standard InChI is InChI=1S/C14H25N3/c1-4-7-9-13(8-5-2)17-14-10-12(6-3)15-11-16-14/h10-11,13H,4-9H2,1-3H3,(H,15,16,17). The van der Waals surface area contributed by atoms with E-state index in [0.29, 0.717) is 6.04 Å². The molecule has 1 unspecified atom stereocenters. The van der Waals surface area contributed by atoms with E-state index in [9.17, 15) is 0 Å². The molecule has 96 valence electrons. The molecule has 0 aliphatic heterocycles. The summed E-state index contributed by atoms with van der Waals surface area (Å²) in [6, 6.07) is 2.62. The van der Waals surface area contributed by atoms with Crippen LogP contribution in [0.4, 0.5) is 5.82 Å². The van der Waals surface area contributed by atoms with E-state index < -0.39 is 0 Å². The molecule has 0 aliphatic carbocycles. The maximum absolute atomic E-state index is 4.30. The number of nitrogens with zero attached hydrogens (tertiary/aromatic N) is 2. The van der Waals surface area contributed by atoms with Gasteiger partial charge in [-0.2, -0.15) is 0 Å². The van der Waals surface area contributed by atoms with Crippen LogP contribution in [0.2, 0.25) is 0 Å². The van der Waals surface area contributed by atoms with Crippen molar-refractivity contribution in [3.8, 4) is 0 Å². The second-order valence-corrected chi connectivity index (χ2v) is 4.52. The van der Waals surface area contributed by atoms with Gasteiger partial charge in [-0.25, -0.2) is 9.97 Å². The third-order valence-electron chi connectivity index (χ3n) is 2.98. The van der Waals surface area contributed by atoms with Crippen LogP contribution in [0.1, 0.15) is 58.6 Å². The molecule has 1 aromatic rings. The van der Waals surface area contributed by atoms with Crippen LogP contribution >= 0.6 is 0 Å². The molecule has 0 bridgehead atoms. The molecule has 3 nitrogen and oxygen atoms in total. The first-order valence-electron chi connectivity index (χ1n) is 6.87. The Morgan fingerprint density at radius 3 is 2.59 bits per heavy atom. The van der Waals surface area contributed by atoms with Gasteiger partial charge < -0.3 is 5.32 Å². The summed E-state index contributed by atoms with van der Waals surface area (Å²) in [4.78, 5) is 8.52. The molecule has 0 spiro atoms. The van der Waals surface area contributed by atoms with Crippen LogP contribution in [0.3, 0.4) is 0 Å². The Balaban J connectivity index is 2.57. The SMILES string of the molecule is CCCCC(CCC)Nc1cc(CC)ncn1. The number of nitrogens with one attached hydrogen (secondary N) is 1. The molecule has 0 radical (unpaired) electrons. The highest BCUT2D eigenvalue weighted by molar-refractivity contribution is 5.35. The van der Waals surface area contributed by atoms with E-state index in [2.05, 4.69) is 42.1 Å². The van der Waals surface area contributed by atoms with Crippen LogP contribution in [0.15, 0.2) is 12.4 Å². The van der Waals surface area contributed by atoms with Crippen molar-refractivity contribution < 1.29 is 0 Å². The van der Waals surface area contributed by atoms with E-state index in [4.69, 9.17) is 0 Å². The summed E-state index contributed by atoms with van der Waals surface area (Å²) in [6.07, 6.45) is 8.82. The van der Waals surface area contributed by atoms with Gasteiger partial charge in [0.15, 0.2) is 0 Å². The van der Waals surface area contributed by atoms with Gasteiger partial charge in [0.25, 0.3) is 0 Å². The predicted octanol–water partition coefficient (Wildman–Crippen LogP) is 3.81. The minimum absolute atomic E-state index is 0.555. The summed E-state index contributed by atoms with van der Waals surface area (Å²) in [5.41, 5.74) is 1.10. The average Bonchev–Trinajstić information content (AvgIpc) is 2.36. The largest absolute Gasteiger partial charge is 0.367 e. The smallest absolute Gasteiger partial charge is 0.129 e. The molecule has 0 saturated heterocycles. The zero-order chi connectivity index (χ0) is 12.5. The molecule has 1 heterocycles. The summed E-state index contributed by atoms with van der Waals surface area (Å²) >= 11 is 0. The van der Waals surface area contributed by atoms with Gasteiger partial charge in [-0.05, 0) is 19.3 Å². The summed E-state index contributed by atoms with van der Waals surface area (Å²) in [7, 11) is 0. The van der Waals surface area contributed by atoms with Gasteiger partial charge in [0.05, 0.1) is 0 Å². The molecule has 3 heteroatoms. The number of rotatable bonds is 8. The van der Waals surface area contributed by atoms with Crippen LogP contribution in [0.25, 0.3) is 0 Å². The minimum Gasteiger partial charge on any atom is -0.367 e. The van der Waals surface area contributed by atoms with Crippen LogP contribution in [-0.2, 0) is 6.42 Å². The van der Waals surface area contributed by atoms with Crippen LogP contribution < -0.4 is 5.32 Å². The minimum atomic E-state index is 0.555. The number of aryl methyl sites for hydroxylation is 1. The molecule has 0 fully saturated rings. The Kier molecular flexibility index (Phi) is 6.60. The van der Waals surface area contributed by atoms with Crippen molar-refractivity contribution in [3.63, 3.8) is 0 Å². The molecule has 0 aromatic carbocycles. The monoisotopic (exact) mass is 235 g/mol. The van der Waals surface area contributed by atoms with Crippen molar-refractivity contribution in [1.82, 2.24) is 9.97 Å². The Bertz CT molecular complexity index is 312. The predicted molar refractivity (Wildman–Crippen MR) is 73.3 cm³/mol. The van der Waals surface area contributed by atoms with Crippen molar-refractivity contribution in [2.45, 2.75) is 65.3 Å². The third kappa shape index (κ3) is 5.16. The van der Waals surface area contributed by atoms with Crippen molar-refractivity contribution >= 4 is 5.82 Å². The number of hydrogen-bond acceptors (Lipinski definition) is 3. The van der Waals surface area contributed by atoms with E-state index in [1.54, 1.807) is 6.33 Å². The molecule has 1 atom stereocenters. The molecule has 1 N–H and O–H groups in total. The molecule has 0 aliphatic rings. The molecule has 17 heavy (non-hydrogen) atoms. The fraction of sp³-hybridized carbons (Fsp3) is 0.714. The van der Waals surface area contributed by atoms with Gasteiger partial charge in [0.2, 0.25) is 0 Å². The lowest BCUT2D eigenvalue weighted by molar-refractivity contribution is 0.562. The second-order valence-electron chi connectivity index (χ2n) is 4.52. The van der Waals surface area contributed by atoms with Crippen molar-refractivity contribution in [2.75, 3.05) is 5.32 Å². The molecule has 0 amide bonds.